The number of carbonyl (C=O) groups excluding carboxylic acids is 2. The van der Waals surface area contributed by atoms with E-state index < -0.39 is 6.04 Å². The third kappa shape index (κ3) is 6.40. The average Bonchev–Trinajstić information content (AvgIpc) is 2.36. The molecule has 5 heteroatoms. The van der Waals surface area contributed by atoms with Crippen molar-refractivity contribution in [2.75, 3.05) is 13.6 Å². The van der Waals surface area contributed by atoms with Gasteiger partial charge in [-0.05, 0) is 32.8 Å². The van der Waals surface area contributed by atoms with Crippen LogP contribution in [0, 0.1) is 0 Å². The van der Waals surface area contributed by atoms with E-state index >= 15 is 0 Å². The molecule has 0 radical (unpaired) electrons. The fraction of sp³-hybridized carbons (Fsp3) is 0.500. The standard InChI is InChI=1S/C16H25N3O2/c1-16(2,3)18-14(20)11-19(4)15(21)13(17)10-12-8-6-5-7-9-12/h5-9,13H,10-11,17H2,1-4H3,(H,18,20)/t13-/m1/s1. The number of likely N-dealkylation sites (N-methyl/N-ethyl adjacent to an activating group) is 1. The Hall–Kier alpha value is -1.88. The van der Waals surface area contributed by atoms with Crippen LogP contribution in [0.3, 0.4) is 0 Å². The molecule has 0 aliphatic rings. The Morgan fingerprint density at radius 1 is 1.24 bits per heavy atom. The molecule has 0 saturated heterocycles. The number of rotatable bonds is 5. The molecule has 5 nitrogen and oxygen atoms in total. The summed E-state index contributed by atoms with van der Waals surface area (Å²) in [5.41, 5.74) is 6.62. The van der Waals surface area contributed by atoms with Crippen LogP contribution in [0.4, 0.5) is 0 Å². The summed E-state index contributed by atoms with van der Waals surface area (Å²) in [6, 6.07) is 8.96. The Labute approximate surface area is 126 Å². The molecule has 0 aliphatic heterocycles. The van der Waals surface area contributed by atoms with E-state index in [-0.39, 0.29) is 23.9 Å². The van der Waals surface area contributed by atoms with Crippen molar-refractivity contribution in [3.05, 3.63) is 35.9 Å². The second kappa shape index (κ2) is 7.22. The first-order chi connectivity index (χ1) is 9.69. The Bertz CT molecular complexity index is 480. The molecular weight excluding hydrogens is 266 g/mol. The number of carbonyl (C=O) groups is 2. The lowest BCUT2D eigenvalue weighted by molar-refractivity contribution is -0.136. The maximum atomic E-state index is 12.2. The summed E-state index contributed by atoms with van der Waals surface area (Å²) in [5.74, 6) is -0.423. The van der Waals surface area contributed by atoms with Crippen molar-refractivity contribution in [2.24, 2.45) is 5.73 Å². The van der Waals surface area contributed by atoms with E-state index in [1.54, 1.807) is 7.05 Å². The number of nitrogens with one attached hydrogen (secondary N) is 1. The monoisotopic (exact) mass is 291 g/mol. The van der Waals surface area contributed by atoms with E-state index in [1.165, 1.54) is 4.90 Å². The minimum atomic E-state index is -0.639. The molecule has 1 rings (SSSR count). The van der Waals surface area contributed by atoms with Gasteiger partial charge in [0, 0.05) is 12.6 Å². The lowest BCUT2D eigenvalue weighted by Gasteiger charge is -2.25. The Morgan fingerprint density at radius 3 is 2.33 bits per heavy atom. The van der Waals surface area contributed by atoms with Crippen LogP contribution in [-0.2, 0) is 16.0 Å². The highest BCUT2D eigenvalue weighted by atomic mass is 16.2. The van der Waals surface area contributed by atoms with Crippen LogP contribution in [0.15, 0.2) is 30.3 Å². The highest BCUT2D eigenvalue weighted by molar-refractivity contribution is 5.87. The summed E-state index contributed by atoms with van der Waals surface area (Å²) >= 11 is 0. The first-order valence-corrected chi connectivity index (χ1v) is 7.04. The van der Waals surface area contributed by atoms with Crippen molar-refractivity contribution in [1.29, 1.82) is 0 Å². The third-order valence-electron chi connectivity index (χ3n) is 2.89. The van der Waals surface area contributed by atoms with E-state index in [1.807, 2.05) is 51.1 Å². The summed E-state index contributed by atoms with van der Waals surface area (Å²) in [6.07, 6.45) is 0.463. The normalized spacial score (nSPS) is 12.6. The fourth-order valence-electron chi connectivity index (χ4n) is 1.99. The first kappa shape index (κ1) is 17.2. The molecule has 0 aliphatic carbocycles. The van der Waals surface area contributed by atoms with Crippen LogP contribution >= 0.6 is 0 Å². The maximum Gasteiger partial charge on any atom is 0.240 e. The Kier molecular flexibility index (Phi) is 5.90. The van der Waals surface area contributed by atoms with Gasteiger partial charge in [0.2, 0.25) is 11.8 Å². The van der Waals surface area contributed by atoms with Crippen LogP contribution in [0.5, 0.6) is 0 Å². The van der Waals surface area contributed by atoms with Gasteiger partial charge >= 0.3 is 0 Å². The molecule has 116 valence electrons. The van der Waals surface area contributed by atoms with Gasteiger partial charge in [-0.2, -0.15) is 0 Å². The molecular formula is C16H25N3O2. The third-order valence-corrected chi connectivity index (χ3v) is 2.89. The molecule has 2 amide bonds. The number of nitrogens with two attached hydrogens (primary N) is 1. The summed E-state index contributed by atoms with van der Waals surface area (Å²) in [5, 5.41) is 2.82. The predicted molar refractivity (Wildman–Crippen MR) is 83.7 cm³/mol. The highest BCUT2D eigenvalue weighted by Gasteiger charge is 2.22. The predicted octanol–water partition coefficient (Wildman–Crippen LogP) is 0.930. The van der Waals surface area contributed by atoms with Crippen molar-refractivity contribution < 1.29 is 9.59 Å². The van der Waals surface area contributed by atoms with Crippen molar-refractivity contribution >= 4 is 11.8 Å². The van der Waals surface area contributed by atoms with Gasteiger partial charge in [0.25, 0.3) is 0 Å². The number of nitrogens with zero attached hydrogens (tertiary/aromatic N) is 1. The largest absolute Gasteiger partial charge is 0.350 e. The number of benzene rings is 1. The first-order valence-electron chi connectivity index (χ1n) is 7.04. The molecule has 0 aromatic heterocycles. The molecule has 0 bridgehead atoms. The van der Waals surface area contributed by atoms with E-state index in [0.717, 1.165) is 5.56 Å². The molecule has 3 N–H and O–H groups in total. The molecule has 1 aromatic rings. The van der Waals surface area contributed by atoms with Gasteiger partial charge in [0.15, 0.2) is 0 Å². The zero-order valence-corrected chi connectivity index (χ0v) is 13.2. The van der Waals surface area contributed by atoms with E-state index in [2.05, 4.69) is 5.32 Å². The van der Waals surface area contributed by atoms with Crippen LogP contribution in [-0.4, -0.2) is 41.9 Å². The molecule has 1 atom stereocenters. The van der Waals surface area contributed by atoms with Crippen LogP contribution in [0.1, 0.15) is 26.3 Å². The molecule has 0 saturated carbocycles. The van der Waals surface area contributed by atoms with Crippen molar-refractivity contribution in [3.63, 3.8) is 0 Å². The van der Waals surface area contributed by atoms with Gasteiger partial charge in [-0.25, -0.2) is 0 Å². The SMILES string of the molecule is CN(CC(=O)NC(C)(C)C)C(=O)[C@H](N)Cc1ccccc1. The van der Waals surface area contributed by atoms with Crippen LogP contribution < -0.4 is 11.1 Å². The second-order valence-electron chi connectivity index (χ2n) is 6.29. The molecule has 21 heavy (non-hydrogen) atoms. The Morgan fingerprint density at radius 2 is 1.81 bits per heavy atom. The van der Waals surface area contributed by atoms with Crippen LogP contribution in [0.25, 0.3) is 0 Å². The van der Waals surface area contributed by atoms with Gasteiger partial charge < -0.3 is 16.0 Å². The number of amides is 2. The number of hydrogen-bond donors (Lipinski definition) is 2. The van der Waals surface area contributed by atoms with Crippen LogP contribution in [0.2, 0.25) is 0 Å². The molecule has 0 heterocycles. The van der Waals surface area contributed by atoms with Crippen molar-refractivity contribution in [3.8, 4) is 0 Å². The van der Waals surface area contributed by atoms with Gasteiger partial charge in [0.05, 0.1) is 12.6 Å². The number of hydrogen-bond acceptors (Lipinski definition) is 3. The Balaban J connectivity index is 2.52. The summed E-state index contributed by atoms with van der Waals surface area (Å²) in [4.78, 5) is 25.3. The lowest BCUT2D eigenvalue weighted by atomic mass is 10.1. The highest BCUT2D eigenvalue weighted by Crippen LogP contribution is 2.04. The summed E-state index contributed by atoms with van der Waals surface area (Å²) in [6.45, 7) is 5.70. The van der Waals surface area contributed by atoms with E-state index in [0.29, 0.717) is 6.42 Å². The minimum absolute atomic E-state index is 0.0125. The lowest BCUT2D eigenvalue weighted by Crippen LogP contribution is -2.49. The van der Waals surface area contributed by atoms with Crippen molar-refractivity contribution in [2.45, 2.75) is 38.8 Å². The zero-order chi connectivity index (χ0) is 16.0. The molecule has 0 fully saturated rings. The van der Waals surface area contributed by atoms with Crippen molar-refractivity contribution in [1.82, 2.24) is 10.2 Å². The zero-order valence-electron chi connectivity index (χ0n) is 13.2. The fourth-order valence-corrected chi connectivity index (χ4v) is 1.99. The summed E-state index contributed by atoms with van der Waals surface area (Å²) in [7, 11) is 1.59. The van der Waals surface area contributed by atoms with Gasteiger partial charge in [-0.3, -0.25) is 9.59 Å². The maximum absolute atomic E-state index is 12.2. The second-order valence-corrected chi connectivity index (χ2v) is 6.29. The van der Waals surface area contributed by atoms with E-state index in [4.69, 9.17) is 5.73 Å². The van der Waals surface area contributed by atoms with Gasteiger partial charge in [0.1, 0.15) is 0 Å². The van der Waals surface area contributed by atoms with Gasteiger partial charge in [-0.1, -0.05) is 30.3 Å². The van der Waals surface area contributed by atoms with E-state index in [9.17, 15) is 9.59 Å². The quantitative estimate of drug-likeness (QED) is 0.847. The van der Waals surface area contributed by atoms with Gasteiger partial charge in [-0.15, -0.1) is 0 Å². The minimum Gasteiger partial charge on any atom is -0.350 e. The smallest absolute Gasteiger partial charge is 0.240 e. The molecule has 0 unspecified atom stereocenters. The topological polar surface area (TPSA) is 75.4 Å². The molecule has 1 aromatic carbocycles. The average molecular weight is 291 g/mol. The molecule has 0 spiro atoms. The summed E-state index contributed by atoms with van der Waals surface area (Å²) < 4.78 is 0.